The minimum atomic E-state index is -0.814. The third kappa shape index (κ3) is 5.97. The number of hydrogen-bond donors (Lipinski definition) is 2. The number of aromatic nitrogens is 4. The fourth-order valence-corrected chi connectivity index (χ4v) is 4.90. The Labute approximate surface area is 236 Å². The maximum absolute atomic E-state index is 13.7. The Morgan fingerprint density at radius 2 is 1.78 bits per heavy atom. The first kappa shape index (κ1) is 27.0. The molecule has 2 saturated heterocycles. The van der Waals surface area contributed by atoms with Gasteiger partial charge in [0.2, 0.25) is 18.1 Å². The van der Waals surface area contributed by atoms with Crippen LogP contribution in [0.25, 0.3) is 22.6 Å². The van der Waals surface area contributed by atoms with Gasteiger partial charge in [-0.1, -0.05) is 30.3 Å². The number of morpholine rings is 1. The lowest BCUT2D eigenvalue weighted by atomic mass is 9.90. The molecule has 2 fully saturated rings. The summed E-state index contributed by atoms with van der Waals surface area (Å²) in [5, 5.41) is 3.26. The fraction of sp³-hybridized carbons (Fsp3) is 0.333. The molecule has 0 atom stereocenters. The van der Waals surface area contributed by atoms with Crippen LogP contribution in [0.15, 0.2) is 66.9 Å². The second-order valence-electron chi connectivity index (χ2n) is 10.4. The van der Waals surface area contributed by atoms with Gasteiger partial charge in [-0.15, -0.1) is 0 Å². The van der Waals surface area contributed by atoms with Gasteiger partial charge in [-0.2, -0.15) is 0 Å². The number of imidazole rings is 1. The Kier molecular flexibility index (Phi) is 7.73. The zero-order chi connectivity index (χ0) is 28.2. The highest BCUT2D eigenvalue weighted by molar-refractivity contribution is 5.83. The molecule has 0 unspecified atom stereocenters. The van der Waals surface area contributed by atoms with E-state index in [1.54, 1.807) is 29.3 Å². The summed E-state index contributed by atoms with van der Waals surface area (Å²) in [5.74, 6) is 0.527. The predicted molar refractivity (Wildman–Crippen MR) is 149 cm³/mol. The molecule has 0 radical (unpaired) electrons. The molecule has 4 aromatic rings. The van der Waals surface area contributed by atoms with Crippen molar-refractivity contribution in [3.05, 3.63) is 84.1 Å². The van der Waals surface area contributed by atoms with Gasteiger partial charge in [-0.3, -0.25) is 4.79 Å². The van der Waals surface area contributed by atoms with Crippen LogP contribution in [-0.2, 0) is 25.5 Å². The van der Waals surface area contributed by atoms with Crippen molar-refractivity contribution in [3.8, 4) is 22.6 Å². The van der Waals surface area contributed by atoms with Gasteiger partial charge in [0.1, 0.15) is 5.82 Å². The van der Waals surface area contributed by atoms with Crippen LogP contribution in [0, 0.1) is 11.2 Å². The largest absolute Gasteiger partial charge is 0.378 e. The van der Waals surface area contributed by atoms with Crippen LogP contribution in [0.2, 0.25) is 0 Å². The maximum Gasteiger partial charge on any atom is 0.233 e. The van der Waals surface area contributed by atoms with E-state index in [2.05, 4.69) is 15.3 Å². The Bertz CT molecular complexity index is 1480. The van der Waals surface area contributed by atoms with Gasteiger partial charge in [0.05, 0.1) is 48.9 Å². The van der Waals surface area contributed by atoms with Crippen molar-refractivity contribution in [1.82, 2.24) is 24.8 Å². The molecule has 0 saturated carbocycles. The molecule has 212 valence electrons. The number of rotatable bonds is 7. The highest BCUT2D eigenvalue weighted by Crippen LogP contribution is 2.36. The van der Waals surface area contributed by atoms with Crippen molar-refractivity contribution in [2.45, 2.75) is 19.8 Å². The van der Waals surface area contributed by atoms with Crippen molar-refractivity contribution in [2.75, 3.05) is 44.8 Å². The maximum atomic E-state index is 13.7. The van der Waals surface area contributed by atoms with Crippen LogP contribution in [0.5, 0.6) is 0 Å². The Morgan fingerprint density at radius 3 is 2.51 bits per heavy atom. The highest BCUT2D eigenvalue weighted by Gasteiger charge is 2.43. The molecule has 0 spiro atoms. The molecule has 2 aromatic heterocycles. The zero-order valence-electron chi connectivity index (χ0n) is 22.7. The molecule has 1 amide bonds. The number of amides is 1. The molecule has 4 heterocycles. The summed E-state index contributed by atoms with van der Waals surface area (Å²) in [5.41, 5.74) is 2.76. The van der Waals surface area contributed by atoms with Gasteiger partial charge in [-0.05, 0) is 42.8 Å². The lowest BCUT2D eigenvalue weighted by Gasteiger charge is -2.39. The second-order valence-corrected chi connectivity index (χ2v) is 10.4. The summed E-state index contributed by atoms with van der Waals surface area (Å²) in [6.45, 7) is 4.94. The molecular weight excluding hydrogens is 527 g/mol. The van der Waals surface area contributed by atoms with E-state index < -0.39 is 11.7 Å². The van der Waals surface area contributed by atoms with Crippen molar-refractivity contribution in [1.29, 1.82) is 0 Å². The van der Waals surface area contributed by atoms with Gasteiger partial charge in [0, 0.05) is 31.4 Å². The van der Waals surface area contributed by atoms with E-state index in [1.165, 1.54) is 12.1 Å². The first-order valence-corrected chi connectivity index (χ1v) is 13.6. The van der Waals surface area contributed by atoms with E-state index in [0.717, 1.165) is 5.56 Å². The summed E-state index contributed by atoms with van der Waals surface area (Å²) >= 11 is 0. The Hall–Kier alpha value is -4.19. The summed E-state index contributed by atoms with van der Waals surface area (Å²) < 4.78 is 31.2. The summed E-state index contributed by atoms with van der Waals surface area (Å²) in [6, 6.07) is 17.8. The quantitative estimate of drug-likeness (QED) is 0.347. The number of benzene rings is 2. The number of H-pyrrole nitrogens is 1. The molecule has 2 N–H and O–H groups in total. The lowest BCUT2D eigenvalue weighted by Crippen LogP contribution is -2.53. The van der Waals surface area contributed by atoms with Crippen LogP contribution >= 0.6 is 0 Å². The minimum absolute atomic E-state index is 0.0112. The van der Waals surface area contributed by atoms with Gasteiger partial charge >= 0.3 is 0 Å². The van der Waals surface area contributed by atoms with E-state index in [4.69, 9.17) is 24.2 Å². The summed E-state index contributed by atoms with van der Waals surface area (Å²) in [4.78, 5) is 32.2. The van der Waals surface area contributed by atoms with E-state index in [9.17, 15) is 9.18 Å². The Balaban J connectivity index is 1.25. The molecular formula is C30H31FN6O4. The number of carbonyl (C=O) groups excluding carboxylic acids is 1. The number of nitrogens with one attached hydrogen (secondary N) is 2. The van der Waals surface area contributed by atoms with E-state index in [-0.39, 0.29) is 24.9 Å². The first-order chi connectivity index (χ1) is 20.0. The smallest absolute Gasteiger partial charge is 0.233 e. The second kappa shape index (κ2) is 11.7. The summed E-state index contributed by atoms with van der Waals surface area (Å²) in [6.07, 6.45) is 0.854. The van der Waals surface area contributed by atoms with Crippen LogP contribution in [-0.4, -0.2) is 70.3 Å². The minimum Gasteiger partial charge on any atom is -0.378 e. The zero-order valence-corrected chi connectivity index (χ0v) is 22.7. The molecule has 0 bridgehead atoms. The van der Waals surface area contributed by atoms with Crippen molar-refractivity contribution < 1.29 is 23.4 Å². The standard InChI is InChI=1S/C30H31FN6O4/c1-30(28(38)37-13-15-39-16-14-37)18-40-27(41-19-30)26-35-24(21-7-9-22(31)10-8-21)25(36-26)23-11-12-32-29(34-23)33-17-20-5-3-2-4-6-20/h2-12,27H,13-19H2,1H3,(H,35,36)(H,32,33,34). The van der Waals surface area contributed by atoms with E-state index in [1.807, 2.05) is 37.3 Å². The average molecular weight is 559 g/mol. The highest BCUT2D eigenvalue weighted by atomic mass is 19.1. The third-order valence-corrected chi connectivity index (χ3v) is 7.19. The third-order valence-electron chi connectivity index (χ3n) is 7.19. The van der Waals surface area contributed by atoms with Crippen LogP contribution in [0.4, 0.5) is 10.3 Å². The monoisotopic (exact) mass is 558 g/mol. The average Bonchev–Trinajstić information content (AvgIpc) is 3.47. The fourth-order valence-electron chi connectivity index (χ4n) is 4.90. The molecule has 0 aliphatic carbocycles. The number of ether oxygens (including phenoxy) is 3. The topological polar surface area (TPSA) is 114 Å². The molecule has 2 aliphatic heterocycles. The number of aromatic amines is 1. The van der Waals surface area contributed by atoms with Crippen LogP contribution < -0.4 is 5.32 Å². The van der Waals surface area contributed by atoms with Crippen molar-refractivity contribution in [2.24, 2.45) is 5.41 Å². The van der Waals surface area contributed by atoms with Gasteiger partial charge in [-0.25, -0.2) is 19.3 Å². The number of anilines is 1. The van der Waals surface area contributed by atoms with Crippen molar-refractivity contribution >= 4 is 11.9 Å². The number of hydrogen-bond acceptors (Lipinski definition) is 8. The van der Waals surface area contributed by atoms with E-state index in [0.29, 0.717) is 67.3 Å². The first-order valence-electron chi connectivity index (χ1n) is 13.6. The molecule has 6 rings (SSSR count). The molecule has 11 heteroatoms. The molecule has 2 aromatic carbocycles. The number of halogens is 1. The Morgan fingerprint density at radius 1 is 1.05 bits per heavy atom. The van der Waals surface area contributed by atoms with Crippen molar-refractivity contribution in [3.63, 3.8) is 0 Å². The van der Waals surface area contributed by atoms with E-state index >= 15 is 0 Å². The van der Waals surface area contributed by atoms with Gasteiger partial charge in [0.15, 0.2) is 5.82 Å². The molecule has 10 nitrogen and oxygen atoms in total. The normalized spacial score (nSPS) is 21.0. The number of carbonyl (C=O) groups is 1. The summed E-state index contributed by atoms with van der Waals surface area (Å²) in [7, 11) is 0. The van der Waals surface area contributed by atoms with Crippen LogP contribution in [0.3, 0.4) is 0 Å². The molecule has 41 heavy (non-hydrogen) atoms. The van der Waals surface area contributed by atoms with Crippen LogP contribution in [0.1, 0.15) is 24.6 Å². The van der Waals surface area contributed by atoms with Gasteiger partial charge in [0.25, 0.3) is 0 Å². The predicted octanol–water partition coefficient (Wildman–Crippen LogP) is 4.20. The lowest BCUT2D eigenvalue weighted by molar-refractivity contribution is -0.235. The SMILES string of the molecule is CC1(C(=O)N2CCOCC2)COC(c2nc(-c3ccc(F)cc3)c(-c3ccnc(NCc4ccccc4)n3)[nH]2)OC1. The number of nitrogens with zero attached hydrogens (tertiary/aromatic N) is 4. The van der Waals surface area contributed by atoms with Gasteiger partial charge < -0.3 is 29.4 Å². The molecule has 2 aliphatic rings.